The third-order valence-corrected chi connectivity index (χ3v) is 4.57. The highest BCUT2D eigenvalue weighted by Gasteiger charge is 2.14. The molecule has 1 heterocycles. The van der Waals surface area contributed by atoms with E-state index in [0.717, 1.165) is 23.3 Å². The number of benzene rings is 2. The highest BCUT2D eigenvalue weighted by Crippen LogP contribution is 2.27. The predicted molar refractivity (Wildman–Crippen MR) is 108 cm³/mol. The number of hydrogen-bond donors (Lipinski definition) is 2. The zero-order valence-corrected chi connectivity index (χ0v) is 16.5. The minimum Gasteiger partial charge on any atom is -0.457 e. The molecule has 3 rings (SSSR count). The number of amides is 1. The van der Waals surface area contributed by atoms with Gasteiger partial charge in [-0.15, -0.1) is 0 Å². The van der Waals surface area contributed by atoms with Crippen LogP contribution in [0.2, 0.25) is 0 Å². The molecule has 0 bridgehead atoms. The van der Waals surface area contributed by atoms with Crippen molar-refractivity contribution in [2.75, 3.05) is 13.7 Å². The largest absolute Gasteiger partial charge is 0.457 e. The molecule has 154 valence electrons. The number of primary amides is 1. The Morgan fingerprint density at radius 1 is 1.24 bits per heavy atom. The van der Waals surface area contributed by atoms with Gasteiger partial charge in [-0.2, -0.15) is 0 Å². The number of carbonyl (C=O) groups excluding carboxylic acids is 1. The van der Waals surface area contributed by atoms with Crippen molar-refractivity contribution in [3.63, 3.8) is 0 Å². The summed E-state index contributed by atoms with van der Waals surface area (Å²) in [5.41, 5.74) is 7.05. The van der Waals surface area contributed by atoms with Crippen LogP contribution in [0.5, 0.6) is 11.5 Å². The summed E-state index contributed by atoms with van der Waals surface area (Å²) in [5.74, 6) is 1.24. The summed E-state index contributed by atoms with van der Waals surface area (Å²) >= 11 is 0. The van der Waals surface area contributed by atoms with Crippen LogP contribution in [0.3, 0.4) is 0 Å². The van der Waals surface area contributed by atoms with Crippen molar-refractivity contribution in [2.24, 2.45) is 5.73 Å². The molecule has 1 aromatic heterocycles. The molecule has 0 saturated heterocycles. The molecule has 8 heteroatoms. The molecule has 2 aromatic carbocycles. The van der Waals surface area contributed by atoms with Crippen molar-refractivity contribution in [1.29, 1.82) is 0 Å². The van der Waals surface area contributed by atoms with Crippen LogP contribution in [-0.2, 0) is 22.6 Å². The Balaban J connectivity index is 1.88. The third kappa shape index (κ3) is 5.30. The fourth-order valence-electron chi connectivity index (χ4n) is 2.95. The highest BCUT2D eigenvalue weighted by atomic mass is 19.1. The van der Waals surface area contributed by atoms with Gasteiger partial charge in [0.15, 0.2) is 0 Å². The first-order chi connectivity index (χ1) is 14.0. The number of hydrogen-bond acceptors (Lipinski definition) is 5. The molecule has 29 heavy (non-hydrogen) atoms. The molecule has 0 saturated carbocycles. The summed E-state index contributed by atoms with van der Waals surface area (Å²) in [6, 6.07) is 11.0. The second-order valence-corrected chi connectivity index (χ2v) is 6.74. The number of methoxy groups -OCH3 is 1. The number of aryl methyl sites for hydroxylation is 1. The van der Waals surface area contributed by atoms with E-state index >= 15 is 0 Å². The average molecular weight is 400 g/mol. The number of nitrogens with one attached hydrogen (secondary N) is 1. The van der Waals surface area contributed by atoms with Crippen LogP contribution in [0.1, 0.15) is 19.2 Å². The Labute approximate surface area is 168 Å². The van der Waals surface area contributed by atoms with Gasteiger partial charge in [0.1, 0.15) is 23.1 Å². The predicted octanol–water partition coefficient (Wildman–Crippen LogP) is 2.97. The van der Waals surface area contributed by atoms with Gasteiger partial charge in [-0.25, -0.2) is 9.37 Å². The lowest BCUT2D eigenvalue weighted by Gasteiger charge is -2.13. The fourth-order valence-corrected chi connectivity index (χ4v) is 2.95. The van der Waals surface area contributed by atoms with E-state index < -0.39 is 11.9 Å². The van der Waals surface area contributed by atoms with E-state index in [1.165, 1.54) is 12.1 Å². The van der Waals surface area contributed by atoms with Crippen molar-refractivity contribution in [2.45, 2.75) is 32.5 Å². The molecule has 0 aliphatic carbocycles. The summed E-state index contributed by atoms with van der Waals surface area (Å²) in [6.07, 6.45) is 0.809. The number of ether oxygens (including phenoxy) is 2. The first kappa shape index (κ1) is 20.8. The van der Waals surface area contributed by atoms with Gasteiger partial charge >= 0.3 is 0 Å². The van der Waals surface area contributed by atoms with E-state index in [1.54, 1.807) is 26.2 Å². The first-order valence-corrected chi connectivity index (χ1v) is 9.42. The van der Waals surface area contributed by atoms with Crippen molar-refractivity contribution in [3.05, 3.63) is 54.1 Å². The zero-order chi connectivity index (χ0) is 20.8. The maximum absolute atomic E-state index is 13.1. The molecule has 1 atom stereocenters. The van der Waals surface area contributed by atoms with E-state index in [2.05, 4.69) is 14.9 Å². The molecule has 0 aliphatic heterocycles. The number of rotatable bonds is 10. The standard InChI is InChI=1S/C21H25FN4O3/c1-14(21(23)27)24-13-20-25-18-9-8-17(29-16-6-4-15(22)5-7-16)12-19(18)26(20)10-3-11-28-2/h4-9,12,14,24H,3,10-11,13H2,1-2H3,(H2,23,27)/t14-/m0/s1. The van der Waals surface area contributed by atoms with Crippen molar-refractivity contribution in [1.82, 2.24) is 14.9 Å². The SMILES string of the molecule is COCCCn1c(CN[C@@H](C)C(N)=O)nc2ccc(Oc3ccc(F)cc3)cc21. The van der Waals surface area contributed by atoms with Crippen LogP contribution < -0.4 is 15.8 Å². The molecule has 0 unspecified atom stereocenters. The Hall–Kier alpha value is -2.97. The van der Waals surface area contributed by atoms with Crippen LogP contribution in [-0.4, -0.2) is 35.2 Å². The quantitative estimate of drug-likeness (QED) is 0.511. The van der Waals surface area contributed by atoms with Crippen LogP contribution >= 0.6 is 0 Å². The average Bonchev–Trinajstić information content (AvgIpc) is 3.05. The van der Waals surface area contributed by atoms with E-state index in [4.69, 9.17) is 15.2 Å². The molecular weight excluding hydrogens is 375 g/mol. The van der Waals surface area contributed by atoms with E-state index in [9.17, 15) is 9.18 Å². The van der Waals surface area contributed by atoms with Crippen molar-refractivity contribution >= 4 is 16.9 Å². The van der Waals surface area contributed by atoms with Gasteiger partial charge in [-0.1, -0.05) is 0 Å². The van der Waals surface area contributed by atoms with E-state index in [-0.39, 0.29) is 5.82 Å². The number of halogens is 1. The molecule has 1 amide bonds. The minimum absolute atomic E-state index is 0.314. The van der Waals surface area contributed by atoms with Gasteiger partial charge in [0.05, 0.1) is 23.6 Å². The lowest BCUT2D eigenvalue weighted by Crippen LogP contribution is -2.38. The Morgan fingerprint density at radius 2 is 1.97 bits per heavy atom. The van der Waals surface area contributed by atoms with Gasteiger partial charge in [0, 0.05) is 26.3 Å². The van der Waals surface area contributed by atoms with Gasteiger partial charge < -0.3 is 19.8 Å². The van der Waals surface area contributed by atoms with Crippen LogP contribution in [0.4, 0.5) is 4.39 Å². The van der Waals surface area contributed by atoms with Crippen molar-refractivity contribution in [3.8, 4) is 11.5 Å². The molecule has 7 nitrogen and oxygen atoms in total. The minimum atomic E-state index is -0.459. The van der Waals surface area contributed by atoms with Gasteiger partial charge in [0.25, 0.3) is 0 Å². The van der Waals surface area contributed by atoms with Crippen LogP contribution in [0, 0.1) is 5.82 Å². The Bertz CT molecular complexity index is 972. The summed E-state index contributed by atoms with van der Waals surface area (Å²) < 4.78 is 26.2. The number of imidazole rings is 1. The number of carbonyl (C=O) groups is 1. The Kier molecular flexibility index (Phi) is 6.79. The van der Waals surface area contributed by atoms with Gasteiger partial charge in [-0.05, 0) is 49.7 Å². The number of fused-ring (bicyclic) bond motifs is 1. The normalized spacial score (nSPS) is 12.2. The fraction of sp³-hybridized carbons (Fsp3) is 0.333. The summed E-state index contributed by atoms with van der Waals surface area (Å²) in [7, 11) is 1.66. The summed E-state index contributed by atoms with van der Waals surface area (Å²) in [5, 5.41) is 3.09. The maximum Gasteiger partial charge on any atom is 0.234 e. The lowest BCUT2D eigenvalue weighted by molar-refractivity contribution is -0.119. The molecule has 0 fully saturated rings. The first-order valence-electron chi connectivity index (χ1n) is 9.42. The number of aromatic nitrogens is 2. The maximum atomic E-state index is 13.1. The number of nitrogens with zero attached hydrogens (tertiary/aromatic N) is 2. The van der Waals surface area contributed by atoms with Gasteiger partial charge in [-0.3, -0.25) is 10.1 Å². The highest BCUT2D eigenvalue weighted by molar-refractivity contribution is 5.79. The lowest BCUT2D eigenvalue weighted by atomic mass is 10.3. The smallest absolute Gasteiger partial charge is 0.234 e. The van der Waals surface area contributed by atoms with E-state index in [1.807, 2.05) is 18.2 Å². The molecule has 3 aromatic rings. The van der Waals surface area contributed by atoms with Gasteiger partial charge in [0.2, 0.25) is 5.91 Å². The van der Waals surface area contributed by atoms with Crippen LogP contribution in [0.25, 0.3) is 11.0 Å². The molecule has 3 N–H and O–H groups in total. The van der Waals surface area contributed by atoms with E-state index in [0.29, 0.717) is 31.2 Å². The molecular formula is C21H25FN4O3. The summed E-state index contributed by atoms with van der Waals surface area (Å²) in [4.78, 5) is 16.0. The zero-order valence-electron chi connectivity index (χ0n) is 16.5. The third-order valence-electron chi connectivity index (χ3n) is 4.57. The van der Waals surface area contributed by atoms with Crippen LogP contribution in [0.15, 0.2) is 42.5 Å². The van der Waals surface area contributed by atoms with Crippen molar-refractivity contribution < 1.29 is 18.7 Å². The second-order valence-electron chi connectivity index (χ2n) is 6.74. The number of nitrogens with two attached hydrogens (primary N) is 1. The molecule has 0 aliphatic rings. The second kappa shape index (κ2) is 9.49. The molecule has 0 spiro atoms. The molecule has 0 radical (unpaired) electrons. The Morgan fingerprint density at radius 3 is 2.66 bits per heavy atom. The monoisotopic (exact) mass is 400 g/mol. The summed E-state index contributed by atoms with van der Waals surface area (Å²) in [6.45, 7) is 3.44. The topological polar surface area (TPSA) is 91.4 Å².